The summed E-state index contributed by atoms with van der Waals surface area (Å²) in [6.45, 7) is 2.73. The number of halogens is 1. The molecule has 30 heavy (non-hydrogen) atoms. The summed E-state index contributed by atoms with van der Waals surface area (Å²) >= 11 is 4.59. The first-order chi connectivity index (χ1) is 14.6. The molecule has 0 radical (unpaired) electrons. The molecule has 5 nitrogen and oxygen atoms in total. The maximum atomic E-state index is 13.8. The summed E-state index contributed by atoms with van der Waals surface area (Å²) in [7, 11) is 0. The van der Waals surface area contributed by atoms with Gasteiger partial charge in [-0.3, -0.25) is 4.79 Å². The maximum Gasteiger partial charge on any atom is 0.234 e. The topological polar surface area (TPSA) is 59.8 Å². The number of carbonyl (C=O) groups excluding carboxylic acids is 1. The summed E-state index contributed by atoms with van der Waals surface area (Å²) in [5.74, 6) is 2.01. The average Bonchev–Trinajstić information content (AvgIpc) is 3.15. The van der Waals surface area contributed by atoms with E-state index >= 15 is 0 Å². The van der Waals surface area contributed by atoms with Crippen molar-refractivity contribution in [1.29, 1.82) is 0 Å². The van der Waals surface area contributed by atoms with Crippen LogP contribution in [0.1, 0.15) is 18.3 Å². The van der Waals surface area contributed by atoms with Crippen LogP contribution < -0.4 is 5.32 Å². The molecule has 1 heterocycles. The van der Waals surface area contributed by atoms with E-state index in [4.69, 9.17) is 0 Å². The summed E-state index contributed by atoms with van der Waals surface area (Å²) in [5, 5.41) is 12.1. The quantitative estimate of drug-likeness (QED) is 0.411. The summed E-state index contributed by atoms with van der Waals surface area (Å²) in [6, 6.07) is 14.6. The van der Waals surface area contributed by atoms with Crippen LogP contribution in [-0.4, -0.2) is 32.7 Å². The van der Waals surface area contributed by atoms with Crippen molar-refractivity contribution in [2.45, 2.75) is 35.0 Å². The molecule has 0 aliphatic carbocycles. The van der Waals surface area contributed by atoms with Gasteiger partial charge in [-0.15, -0.1) is 33.7 Å². The third kappa shape index (κ3) is 6.26. The second-order valence-corrected chi connectivity index (χ2v) is 9.10. The van der Waals surface area contributed by atoms with E-state index in [1.54, 1.807) is 35.7 Å². The molecule has 0 fully saturated rings. The molecule has 0 unspecified atom stereocenters. The van der Waals surface area contributed by atoms with Gasteiger partial charge in [-0.05, 0) is 43.0 Å². The van der Waals surface area contributed by atoms with E-state index < -0.39 is 0 Å². The number of aromatic nitrogens is 3. The van der Waals surface area contributed by atoms with E-state index in [0.29, 0.717) is 28.8 Å². The molecule has 0 atom stereocenters. The summed E-state index contributed by atoms with van der Waals surface area (Å²) in [5.41, 5.74) is 1.47. The molecule has 3 aromatic rings. The van der Waals surface area contributed by atoms with Crippen molar-refractivity contribution in [3.63, 3.8) is 0 Å². The van der Waals surface area contributed by atoms with Gasteiger partial charge in [0, 0.05) is 22.9 Å². The molecule has 2 aromatic carbocycles. The number of nitrogens with zero attached hydrogens (tertiary/aromatic N) is 3. The normalized spacial score (nSPS) is 10.9. The molecular weight excluding hydrogens is 439 g/mol. The summed E-state index contributed by atoms with van der Waals surface area (Å²) < 4.78 is 15.8. The van der Waals surface area contributed by atoms with Gasteiger partial charge in [-0.2, -0.15) is 0 Å². The molecule has 1 N–H and O–H groups in total. The number of thioether (sulfide) groups is 3. The van der Waals surface area contributed by atoms with Gasteiger partial charge in [-0.25, -0.2) is 4.39 Å². The number of nitrogens with one attached hydrogen (secondary N) is 1. The lowest BCUT2D eigenvalue weighted by Gasteiger charge is -2.08. The third-order valence-electron chi connectivity index (χ3n) is 4.24. The van der Waals surface area contributed by atoms with Gasteiger partial charge in [0.05, 0.1) is 11.5 Å². The van der Waals surface area contributed by atoms with Gasteiger partial charge >= 0.3 is 0 Å². The maximum absolute atomic E-state index is 13.8. The number of hydrogen-bond donors (Lipinski definition) is 1. The Labute approximate surface area is 188 Å². The lowest BCUT2D eigenvalue weighted by molar-refractivity contribution is -0.113. The van der Waals surface area contributed by atoms with Crippen LogP contribution in [-0.2, 0) is 22.8 Å². The highest BCUT2D eigenvalue weighted by Gasteiger charge is 2.14. The lowest BCUT2D eigenvalue weighted by atomic mass is 10.2. The van der Waals surface area contributed by atoms with E-state index in [1.165, 1.54) is 17.8 Å². The Bertz CT molecular complexity index is 996. The molecule has 0 spiro atoms. The van der Waals surface area contributed by atoms with Crippen molar-refractivity contribution >= 4 is 46.9 Å². The van der Waals surface area contributed by atoms with Crippen LogP contribution in [0.4, 0.5) is 10.1 Å². The molecule has 0 saturated carbocycles. The Morgan fingerprint density at radius 2 is 1.97 bits per heavy atom. The van der Waals surface area contributed by atoms with E-state index in [2.05, 4.69) is 15.5 Å². The van der Waals surface area contributed by atoms with E-state index in [0.717, 1.165) is 16.4 Å². The molecule has 3 rings (SSSR count). The molecule has 0 aliphatic rings. The predicted octanol–water partition coefficient (Wildman–Crippen LogP) is 5.32. The zero-order valence-electron chi connectivity index (χ0n) is 16.8. The Morgan fingerprint density at radius 3 is 2.73 bits per heavy atom. The van der Waals surface area contributed by atoms with Crippen LogP contribution in [0.2, 0.25) is 0 Å². The smallest absolute Gasteiger partial charge is 0.234 e. The predicted molar refractivity (Wildman–Crippen MR) is 125 cm³/mol. The number of carbonyl (C=O) groups is 1. The molecular formula is C21H23FN4OS3. The average molecular weight is 463 g/mol. The van der Waals surface area contributed by atoms with Gasteiger partial charge in [-0.1, -0.05) is 36.0 Å². The minimum atomic E-state index is -0.188. The Kier molecular flexibility index (Phi) is 8.65. The SMILES string of the molecule is CCn1c(CSCc2ccccc2F)nnc1SCC(=O)Nc1cccc(SC)c1. The fraction of sp³-hybridized carbons (Fsp3) is 0.286. The van der Waals surface area contributed by atoms with Gasteiger partial charge in [0.15, 0.2) is 5.16 Å². The molecule has 0 aliphatic heterocycles. The molecule has 1 amide bonds. The minimum absolute atomic E-state index is 0.0839. The van der Waals surface area contributed by atoms with Crippen molar-refractivity contribution in [3.8, 4) is 0 Å². The van der Waals surface area contributed by atoms with Gasteiger partial charge in [0.25, 0.3) is 0 Å². The second kappa shape index (κ2) is 11.4. The van der Waals surface area contributed by atoms with Crippen molar-refractivity contribution in [1.82, 2.24) is 14.8 Å². The standard InChI is InChI=1S/C21H23FN4OS3/c1-3-26-19(13-29-12-15-7-4-5-10-18(15)22)24-25-21(26)30-14-20(27)23-16-8-6-9-17(11-16)28-2/h4-11H,3,12-14H2,1-2H3,(H,23,27). The van der Waals surface area contributed by atoms with Crippen LogP contribution in [0, 0.1) is 5.82 Å². The first-order valence-electron chi connectivity index (χ1n) is 9.40. The lowest BCUT2D eigenvalue weighted by Crippen LogP contribution is -2.14. The largest absolute Gasteiger partial charge is 0.325 e. The summed E-state index contributed by atoms with van der Waals surface area (Å²) in [4.78, 5) is 13.4. The first kappa shape index (κ1) is 22.7. The van der Waals surface area contributed by atoms with E-state index in [-0.39, 0.29) is 17.5 Å². The molecule has 1 aromatic heterocycles. The van der Waals surface area contributed by atoms with Crippen molar-refractivity contribution in [2.75, 3.05) is 17.3 Å². The Hall–Kier alpha value is -1.97. The molecule has 0 saturated heterocycles. The number of anilines is 1. The second-order valence-electron chi connectivity index (χ2n) is 6.30. The molecule has 9 heteroatoms. The van der Waals surface area contributed by atoms with E-state index in [1.807, 2.05) is 48.1 Å². The van der Waals surface area contributed by atoms with Gasteiger partial charge < -0.3 is 9.88 Å². The van der Waals surface area contributed by atoms with Crippen molar-refractivity contribution in [3.05, 3.63) is 65.7 Å². The zero-order valence-corrected chi connectivity index (χ0v) is 19.2. The van der Waals surface area contributed by atoms with E-state index in [9.17, 15) is 9.18 Å². The van der Waals surface area contributed by atoms with Gasteiger partial charge in [0.2, 0.25) is 5.91 Å². The van der Waals surface area contributed by atoms with Crippen LogP contribution >= 0.6 is 35.3 Å². The summed E-state index contributed by atoms with van der Waals surface area (Å²) in [6.07, 6.45) is 2.00. The Morgan fingerprint density at radius 1 is 1.13 bits per heavy atom. The van der Waals surface area contributed by atoms with Crippen LogP contribution in [0.25, 0.3) is 0 Å². The van der Waals surface area contributed by atoms with Crippen LogP contribution in [0.3, 0.4) is 0 Å². The van der Waals surface area contributed by atoms with Crippen LogP contribution in [0.5, 0.6) is 0 Å². The highest BCUT2D eigenvalue weighted by atomic mass is 32.2. The fourth-order valence-corrected chi connectivity index (χ4v) is 4.98. The van der Waals surface area contributed by atoms with Crippen molar-refractivity contribution < 1.29 is 9.18 Å². The molecule has 0 bridgehead atoms. The number of amides is 1. The highest BCUT2D eigenvalue weighted by Crippen LogP contribution is 2.23. The number of rotatable bonds is 10. The highest BCUT2D eigenvalue weighted by molar-refractivity contribution is 7.99. The monoisotopic (exact) mass is 462 g/mol. The fourth-order valence-electron chi connectivity index (χ4n) is 2.75. The first-order valence-corrected chi connectivity index (χ1v) is 12.8. The Balaban J connectivity index is 1.53. The van der Waals surface area contributed by atoms with Crippen molar-refractivity contribution in [2.24, 2.45) is 0 Å². The van der Waals surface area contributed by atoms with Crippen LogP contribution in [0.15, 0.2) is 58.6 Å². The number of hydrogen-bond acceptors (Lipinski definition) is 6. The molecule has 158 valence electrons. The minimum Gasteiger partial charge on any atom is -0.325 e. The van der Waals surface area contributed by atoms with Gasteiger partial charge in [0.1, 0.15) is 11.6 Å². The zero-order chi connectivity index (χ0) is 21.3. The third-order valence-corrected chi connectivity index (χ3v) is 6.91. The number of benzene rings is 2.